The summed E-state index contributed by atoms with van der Waals surface area (Å²) in [6, 6.07) is 14.4. The molecule has 3 aromatic rings. The number of hydrogen-bond acceptors (Lipinski definition) is 8. The van der Waals surface area contributed by atoms with Crippen molar-refractivity contribution in [3.8, 4) is 11.5 Å². The van der Waals surface area contributed by atoms with Crippen molar-refractivity contribution in [1.82, 2.24) is 0 Å². The number of thiocarbonyl (C=S) groups is 1. The molecule has 1 N–H and O–H groups in total. The van der Waals surface area contributed by atoms with Crippen molar-refractivity contribution in [2.45, 2.75) is 13.8 Å². The van der Waals surface area contributed by atoms with E-state index >= 15 is 0 Å². The van der Waals surface area contributed by atoms with Gasteiger partial charge in [0.15, 0.2) is 22.4 Å². The number of non-ortho nitro benzene ring substituents is 1. The van der Waals surface area contributed by atoms with Crippen LogP contribution in [0.1, 0.15) is 16.7 Å². The number of carbonyl (C=O) groups is 2. The molecule has 1 aliphatic heterocycles. The number of rotatable bonds is 8. The molecule has 1 aliphatic rings. The molecule has 0 aliphatic carbocycles. The number of halogens is 1. The van der Waals surface area contributed by atoms with Crippen molar-refractivity contribution in [3.63, 3.8) is 0 Å². The van der Waals surface area contributed by atoms with Crippen LogP contribution in [0.25, 0.3) is 6.08 Å². The Kier molecular flexibility index (Phi) is 8.68. The molecule has 2 amide bonds. The van der Waals surface area contributed by atoms with Gasteiger partial charge in [0, 0.05) is 22.3 Å². The lowest BCUT2D eigenvalue weighted by Crippen LogP contribution is -2.27. The van der Waals surface area contributed by atoms with Gasteiger partial charge >= 0.3 is 0 Å². The highest BCUT2D eigenvalue weighted by Crippen LogP contribution is 2.37. The topological polar surface area (TPSA) is 111 Å². The summed E-state index contributed by atoms with van der Waals surface area (Å²) in [6.45, 7) is 3.67. The lowest BCUT2D eigenvalue weighted by atomic mass is 10.1. The van der Waals surface area contributed by atoms with Crippen LogP contribution >= 0.6 is 39.9 Å². The van der Waals surface area contributed by atoms with E-state index in [2.05, 4.69) is 21.2 Å². The first kappa shape index (κ1) is 28.3. The second-order valence-electron chi connectivity index (χ2n) is 8.38. The molecule has 0 aromatic heterocycles. The van der Waals surface area contributed by atoms with Crippen molar-refractivity contribution < 1.29 is 24.0 Å². The molecule has 0 saturated carbocycles. The van der Waals surface area contributed by atoms with Gasteiger partial charge in [0.25, 0.3) is 17.5 Å². The van der Waals surface area contributed by atoms with Crippen LogP contribution in [0.5, 0.6) is 11.5 Å². The third kappa shape index (κ3) is 6.29. The highest BCUT2D eigenvalue weighted by Gasteiger charge is 2.33. The van der Waals surface area contributed by atoms with Gasteiger partial charge in [-0.3, -0.25) is 24.6 Å². The molecular weight excluding hydrogens is 606 g/mol. The Labute approximate surface area is 242 Å². The number of nitrogens with one attached hydrogen (secondary N) is 1. The third-order valence-electron chi connectivity index (χ3n) is 5.95. The first-order valence-electron chi connectivity index (χ1n) is 11.5. The molecule has 0 atom stereocenters. The van der Waals surface area contributed by atoms with Gasteiger partial charge in [0.1, 0.15) is 0 Å². The standard InChI is InChI=1S/C27H22BrN3O6S2/c1-15-16(2)21(10-9-20(15)28)29-25(32)14-37-22-11-4-17(12-23(22)36-3)13-24-26(33)30(27(38)39-24)18-5-7-19(8-6-18)31(34)35/h4-13H,14H2,1-3H3,(H,29,32)/b24-13-. The number of nitrogens with zero attached hydrogens (tertiary/aromatic N) is 2. The second-order valence-corrected chi connectivity index (χ2v) is 10.9. The Morgan fingerprint density at radius 3 is 2.51 bits per heavy atom. The van der Waals surface area contributed by atoms with Crippen molar-refractivity contribution in [3.05, 3.63) is 90.8 Å². The van der Waals surface area contributed by atoms with E-state index in [9.17, 15) is 19.7 Å². The van der Waals surface area contributed by atoms with Crippen molar-refractivity contribution in [2.75, 3.05) is 23.9 Å². The number of benzene rings is 3. The third-order valence-corrected chi connectivity index (χ3v) is 8.11. The number of thioether (sulfide) groups is 1. The molecule has 4 rings (SSSR count). The lowest BCUT2D eigenvalue weighted by Gasteiger charge is -2.14. The number of carbonyl (C=O) groups excluding carboxylic acids is 2. The van der Waals surface area contributed by atoms with E-state index in [0.29, 0.717) is 37.7 Å². The number of amides is 2. The van der Waals surface area contributed by atoms with E-state index in [1.807, 2.05) is 26.0 Å². The number of ether oxygens (including phenoxy) is 2. The fraction of sp³-hybridized carbons (Fsp3) is 0.148. The van der Waals surface area contributed by atoms with Crippen LogP contribution in [-0.2, 0) is 9.59 Å². The maximum Gasteiger partial charge on any atom is 0.270 e. The molecule has 0 bridgehead atoms. The van der Waals surface area contributed by atoms with Crippen LogP contribution in [0.4, 0.5) is 17.1 Å². The molecule has 0 spiro atoms. The van der Waals surface area contributed by atoms with E-state index in [-0.39, 0.29) is 24.1 Å². The fourth-order valence-electron chi connectivity index (χ4n) is 3.71. The zero-order chi connectivity index (χ0) is 28.3. The van der Waals surface area contributed by atoms with Gasteiger partial charge in [-0.1, -0.05) is 46.0 Å². The summed E-state index contributed by atoms with van der Waals surface area (Å²) in [5.41, 5.74) is 3.73. The Morgan fingerprint density at radius 1 is 1.13 bits per heavy atom. The van der Waals surface area contributed by atoms with E-state index < -0.39 is 4.92 Å². The minimum Gasteiger partial charge on any atom is -0.493 e. The lowest BCUT2D eigenvalue weighted by molar-refractivity contribution is -0.384. The highest BCUT2D eigenvalue weighted by atomic mass is 79.9. The average Bonchev–Trinajstić information content (AvgIpc) is 3.20. The number of nitro groups is 1. The molecule has 3 aromatic carbocycles. The summed E-state index contributed by atoms with van der Waals surface area (Å²) in [4.78, 5) is 37.7. The molecule has 39 heavy (non-hydrogen) atoms. The smallest absolute Gasteiger partial charge is 0.270 e. The number of methoxy groups -OCH3 is 1. The maximum absolute atomic E-state index is 13.1. The van der Waals surface area contributed by atoms with E-state index in [0.717, 1.165) is 27.4 Å². The van der Waals surface area contributed by atoms with Crippen LogP contribution in [0, 0.1) is 24.0 Å². The Hall–Kier alpha value is -3.74. The summed E-state index contributed by atoms with van der Waals surface area (Å²) in [6.07, 6.45) is 1.67. The Morgan fingerprint density at radius 2 is 1.85 bits per heavy atom. The van der Waals surface area contributed by atoms with Crippen LogP contribution in [-0.4, -0.2) is 34.8 Å². The van der Waals surface area contributed by atoms with Crippen LogP contribution in [0.2, 0.25) is 0 Å². The molecule has 9 nitrogen and oxygen atoms in total. The van der Waals surface area contributed by atoms with E-state index in [1.165, 1.54) is 36.3 Å². The predicted octanol–water partition coefficient (Wildman–Crippen LogP) is 6.41. The minimum atomic E-state index is -0.509. The Bertz CT molecular complexity index is 1520. The van der Waals surface area contributed by atoms with Gasteiger partial charge in [-0.15, -0.1) is 0 Å². The normalized spacial score (nSPS) is 14.1. The molecule has 0 unspecified atom stereocenters. The van der Waals surface area contributed by atoms with Crippen molar-refractivity contribution in [2.24, 2.45) is 0 Å². The van der Waals surface area contributed by atoms with Crippen LogP contribution < -0.4 is 19.7 Å². The Balaban J connectivity index is 1.45. The zero-order valence-corrected chi connectivity index (χ0v) is 24.2. The van der Waals surface area contributed by atoms with E-state index in [4.69, 9.17) is 21.7 Å². The highest BCUT2D eigenvalue weighted by molar-refractivity contribution is 9.10. The van der Waals surface area contributed by atoms with Gasteiger partial charge in [-0.2, -0.15) is 0 Å². The molecule has 0 radical (unpaired) electrons. The number of anilines is 2. The number of nitro benzene ring substituents is 1. The summed E-state index contributed by atoms with van der Waals surface area (Å²) < 4.78 is 12.4. The van der Waals surface area contributed by atoms with Gasteiger partial charge in [-0.25, -0.2) is 0 Å². The van der Waals surface area contributed by atoms with Gasteiger partial charge in [-0.05, 0) is 73.0 Å². The summed E-state index contributed by atoms with van der Waals surface area (Å²) in [5, 5.41) is 13.8. The summed E-state index contributed by atoms with van der Waals surface area (Å²) >= 11 is 9.99. The quantitative estimate of drug-likeness (QED) is 0.132. The largest absolute Gasteiger partial charge is 0.493 e. The first-order valence-corrected chi connectivity index (χ1v) is 13.5. The predicted molar refractivity (Wildman–Crippen MR) is 159 cm³/mol. The molecular formula is C27H22BrN3O6S2. The average molecular weight is 629 g/mol. The maximum atomic E-state index is 13.1. The van der Waals surface area contributed by atoms with Crippen LogP contribution in [0.15, 0.2) is 64.0 Å². The van der Waals surface area contributed by atoms with Crippen molar-refractivity contribution in [1.29, 1.82) is 0 Å². The molecule has 1 saturated heterocycles. The van der Waals surface area contributed by atoms with Crippen molar-refractivity contribution >= 4 is 79.2 Å². The molecule has 12 heteroatoms. The van der Waals surface area contributed by atoms with Gasteiger partial charge in [0.05, 0.1) is 22.6 Å². The SMILES string of the molecule is COc1cc(/C=C2\SC(=S)N(c3ccc([N+](=O)[O-])cc3)C2=O)ccc1OCC(=O)Nc1ccc(Br)c(C)c1C. The molecule has 1 fully saturated rings. The zero-order valence-electron chi connectivity index (χ0n) is 21.0. The first-order chi connectivity index (χ1) is 18.6. The molecule has 1 heterocycles. The van der Waals surface area contributed by atoms with Gasteiger partial charge < -0.3 is 14.8 Å². The van der Waals surface area contributed by atoms with Crippen LogP contribution in [0.3, 0.4) is 0 Å². The fourth-order valence-corrected chi connectivity index (χ4v) is 5.44. The molecule has 200 valence electrons. The van der Waals surface area contributed by atoms with Gasteiger partial charge in [0.2, 0.25) is 0 Å². The summed E-state index contributed by atoms with van der Waals surface area (Å²) in [5.74, 6) is 0.0964. The summed E-state index contributed by atoms with van der Waals surface area (Å²) in [7, 11) is 1.48. The monoisotopic (exact) mass is 627 g/mol. The second kappa shape index (κ2) is 12.0. The number of hydrogen-bond donors (Lipinski definition) is 1. The minimum absolute atomic E-state index is 0.0786. The van der Waals surface area contributed by atoms with E-state index in [1.54, 1.807) is 24.3 Å².